The SMILES string of the molecule is Cc1ccc(NC(=O)c2cncc(Nc3cccc(F)c3)c2)c(C)c1. The Bertz CT molecular complexity index is 924. The van der Waals surface area contributed by atoms with Crippen molar-refractivity contribution >= 4 is 23.0 Å². The molecule has 2 N–H and O–H groups in total. The number of pyridine rings is 1. The highest BCUT2D eigenvalue weighted by molar-refractivity contribution is 6.05. The van der Waals surface area contributed by atoms with Gasteiger partial charge in [0.1, 0.15) is 5.82 Å². The summed E-state index contributed by atoms with van der Waals surface area (Å²) >= 11 is 0. The summed E-state index contributed by atoms with van der Waals surface area (Å²) in [5.41, 5.74) is 4.52. The highest BCUT2D eigenvalue weighted by atomic mass is 19.1. The second-order valence-electron chi connectivity index (χ2n) is 5.87. The van der Waals surface area contributed by atoms with Gasteiger partial charge in [0.15, 0.2) is 0 Å². The molecule has 3 rings (SSSR count). The lowest BCUT2D eigenvalue weighted by atomic mass is 10.1. The van der Waals surface area contributed by atoms with Crippen molar-refractivity contribution in [1.82, 2.24) is 4.98 Å². The molecule has 0 atom stereocenters. The molecule has 0 spiro atoms. The van der Waals surface area contributed by atoms with E-state index in [9.17, 15) is 9.18 Å². The summed E-state index contributed by atoms with van der Waals surface area (Å²) < 4.78 is 13.3. The first-order chi connectivity index (χ1) is 12.0. The first kappa shape index (κ1) is 16.6. The Labute approximate surface area is 145 Å². The van der Waals surface area contributed by atoms with E-state index in [1.54, 1.807) is 24.4 Å². The number of hydrogen-bond donors (Lipinski definition) is 2. The molecule has 25 heavy (non-hydrogen) atoms. The molecule has 0 bridgehead atoms. The summed E-state index contributed by atoms with van der Waals surface area (Å²) in [5, 5.41) is 5.93. The smallest absolute Gasteiger partial charge is 0.257 e. The Morgan fingerprint density at radius 1 is 1.00 bits per heavy atom. The summed E-state index contributed by atoms with van der Waals surface area (Å²) in [7, 11) is 0. The van der Waals surface area contributed by atoms with Gasteiger partial charge in [0, 0.05) is 17.6 Å². The minimum atomic E-state index is -0.332. The lowest BCUT2D eigenvalue weighted by Crippen LogP contribution is -2.13. The lowest BCUT2D eigenvalue weighted by Gasteiger charge is -2.10. The lowest BCUT2D eigenvalue weighted by molar-refractivity contribution is 0.102. The number of hydrogen-bond acceptors (Lipinski definition) is 3. The van der Waals surface area contributed by atoms with Crippen molar-refractivity contribution in [3.8, 4) is 0 Å². The summed E-state index contributed by atoms with van der Waals surface area (Å²) in [6.07, 6.45) is 3.08. The fraction of sp³-hybridized carbons (Fsp3) is 0.100. The fourth-order valence-corrected chi connectivity index (χ4v) is 2.51. The van der Waals surface area contributed by atoms with Crippen molar-refractivity contribution < 1.29 is 9.18 Å². The van der Waals surface area contributed by atoms with Gasteiger partial charge in [0.05, 0.1) is 17.4 Å². The molecule has 1 amide bonds. The molecule has 1 aromatic heterocycles. The zero-order chi connectivity index (χ0) is 17.8. The maximum Gasteiger partial charge on any atom is 0.257 e. The molecule has 0 saturated heterocycles. The molecular formula is C20H18FN3O. The molecule has 0 saturated carbocycles. The van der Waals surface area contributed by atoms with Crippen LogP contribution in [0.1, 0.15) is 21.5 Å². The van der Waals surface area contributed by atoms with Gasteiger partial charge in [0.2, 0.25) is 0 Å². The van der Waals surface area contributed by atoms with Gasteiger partial charge in [-0.3, -0.25) is 9.78 Å². The molecule has 5 heteroatoms. The van der Waals surface area contributed by atoms with E-state index in [4.69, 9.17) is 0 Å². The third kappa shape index (κ3) is 4.20. The molecule has 0 unspecified atom stereocenters. The molecule has 126 valence electrons. The van der Waals surface area contributed by atoms with Gasteiger partial charge in [-0.15, -0.1) is 0 Å². The van der Waals surface area contributed by atoms with Crippen LogP contribution in [0.4, 0.5) is 21.5 Å². The summed E-state index contributed by atoms with van der Waals surface area (Å²) in [4.78, 5) is 16.6. The molecule has 1 heterocycles. The molecule has 0 radical (unpaired) electrons. The molecule has 0 fully saturated rings. The highest BCUT2D eigenvalue weighted by Crippen LogP contribution is 2.20. The number of aryl methyl sites for hydroxylation is 2. The summed E-state index contributed by atoms with van der Waals surface area (Å²) in [6.45, 7) is 3.95. The Kier molecular flexibility index (Phi) is 4.75. The predicted molar refractivity (Wildman–Crippen MR) is 97.8 cm³/mol. The van der Waals surface area contributed by atoms with E-state index in [1.165, 1.54) is 18.3 Å². The monoisotopic (exact) mass is 335 g/mol. The van der Waals surface area contributed by atoms with Crippen molar-refractivity contribution in [2.45, 2.75) is 13.8 Å². The van der Waals surface area contributed by atoms with Crippen molar-refractivity contribution in [1.29, 1.82) is 0 Å². The second kappa shape index (κ2) is 7.13. The van der Waals surface area contributed by atoms with E-state index in [2.05, 4.69) is 15.6 Å². The van der Waals surface area contributed by atoms with Crippen molar-refractivity contribution in [3.63, 3.8) is 0 Å². The van der Waals surface area contributed by atoms with Gasteiger partial charge in [-0.1, -0.05) is 23.8 Å². The van der Waals surface area contributed by atoms with Gasteiger partial charge >= 0.3 is 0 Å². The van der Waals surface area contributed by atoms with Gasteiger partial charge in [-0.25, -0.2) is 4.39 Å². The van der Waals surface area contributed by atoms with Crippen molar-refractivity contribution in [2.75, 3.05) is 10.6 Å². The van der Waals surface area contributed by atoms with Crippen LogP contribution < -0.4 is 10.6 Å². The number of carbonyl (C=O) groups is 1. The van der Waals surface area contributed by atoms with E-state index in [0.29, 0.717) is 16.9 Å². The van der Waals surface area contributed by atoms with Crippen LogP contribution in [0.15, 0.2) is 60.9 Å². The van der Waals surface area contributed by atoms with Gasteiger partial charge in [0.25, 0.3) is 5.91 Å². The number of nitrogens with zero attached hydrogens (tertiary/aromatic N) is 1. The van der Waals surface area contributed by atoms with Gasteiger partial charge in [-0.05, 0) is 49.7 Å². The Hall–Kier alpha value is -3.21. The van der Waals surface area contributed by atoms with Crippen molar-refractivity contribution in [2.24, 2.45) is 0 Å². The highest BCUT2D eigenvalue weighted by Gasteiger charge is 2.09. The number of carbonyl (C=O) groups excluding carboxylic acids is 1. The standard InChI is InChI=1S/C20H18FN3O/c1-13-6-7-19(14(2)8-13)24-20(25)15-9-18(12-22-11-15)23-17-5-3-4-16(21)10-17/h3-12,23H,1-2H3,(H,24,25). The minimum Gasteiger partial charge on any atom is -0.354 e. The average Bonchev–Trinajstić information content (AvgIpc) is 2.57. The average molecular weight is 335 g/mol. The zero-order valence-electron chi connectivity index (χ0n) is 14.0. The number of nitrogens with one attached hydrogen (secondary N) is 2. The predicted octanol–water partition coefficient (Wildman–Crippen LogP) is 4.83. The Balaban J connectivity index is 1.77. The maximum absolute atomic E-state index is 13.3. The van der Waals surface area contributed by atoms with E-state index in [-0.39, 0.29) is 11.7 Å². The van der Waals surface area contributed by atoms with Crippen LogP contribution in [0.3, 0.4) is 0 Å². The van der Waals surface area contributed by atoms with Crippen LogP contribution in [0.5, 0.6) is 0 Å². The van der Waals surface area contributed by atoms with Crippen LogP contribution in [-0.4, -0.2) is 10.9 Å². The third-order valence-electron chi connectivity index (χ3n) is 3.74. The van der Waals surface area contributed by atoms with E-state index >= 15 is 0 Å². The van der Waals surface area contributed by atoms with E-state index in [1.807, 2.05) is 32.0 Å². The fourth-order valence-electron chi connectivity index (χ4n) is 2.51. The molecular weight excluding hydrogens is 317 g/mol. The molecule has 0 aliphatic carbocycles. The van der Waals surface area contributed by atoms with Gasteiger partial charge < -0.3 is 10.6 Å². The largest absolute Gasteiger partial charge is 0.354 e. The van der Waals surface area contributed by atoms with Gasteiger partial charge in [-0.2, -0.15) is 0 Å². The summed E-state index contributed by atoms with van der Waals surface area (Å²) in [5.74, 6) is -0.580. The second-order valence-corrected chi connectivity index (χ2v) is 5.87. The van der Waals surface area contributed by atoms with Crippen molar-refractivity contribution in [3.05, 3.63) is 83.4 Å². The Morgan fingerprint density at radius 3 is 2.60 bits per heavy atom. The summed E-state index contributed by atoms with van der Waals surface area (Å²) in [6, 6.07) is 13.6. The number of benzene rings is 2. The molecule has 4 nitrogen and oxygen atoms in total. The first-order valence-electron chi connectivity index (χ1n) is 7.87. The number of aromatic nitrogens is 1. The third-order valence-corrected chi connectivity index (χ3v) is 3.74. The molecule has 2 aromatic carbocycles. The molecule has 0 aliphatic heterocycles. The van der Waals surface area contributed by atoms with E-state index in [0.717, 1.165) is 16.8 Å². The quantitative estimate of drug-likeness (QED) is 0.718. The first-order valence-corrected chi connectivity index (χ1v) is 7.87. The minimum absolute atomic E-state index is 0.248. The number of halogens is 1. The Morgan fingerprint density at radius 2 is 1.84 bits per heavy atom. The molecule has 0 aliphatic rings. The maximum atomic E-state index is 13.3. The van der Waals surface area contributed by atoms with Crippen LogP contribution in [-0.2, 0) is 0 Å². The van der Waals surface area contributed by atoms with Crippen LogP contribution in [0, 0.1) is 19.7 Å². The van der Waals surface area contributed by atoms with Crippen LogP contribution >= 0.6 is 0 Å². The van der Waals surface area contributed by atoms with E-state index < -0.39 is 0 Å². The van der Waals surface area contributed by atoms with Crippen LogP contribution in [0.25, 0.3) is 0 Å². The number of anilines is 3. The number of rotatable bonds is 4. The van der Waals surface area contributed by atoms with Crippen LogP contribution in [0.2, 0.25) is 0 Å². The topological polar surface area (TPSA) is 54.0 Å². The number of amides is 1. The normalized spacial score (nSPS) is 10.4. The molecule has 3 aromatic rings. The zero-order valence-corrected chi connectivity index (χ0v) is 14.0.